The van der Waals surface area contributed by atoms with Crippen molar-refractivity contribution in [3.8, 4) is 0 Å². The third kappa shape index (κ3) is 17.0. The molecule has 24 rings (SSSR count). The molecule has 0 aliphatic heterocycles. The Hall–Kier alpha value is -5.26. The maximum atomic E-state index is 12.4. The topological polar surface area (TPSA) is 171 Å². The van der Waals surface area contributed by atoms with Crippen molar-refractivity contribution < 1.29 is 53.2 Å². The zero-order valence-electron chi connectivity index (χ0n) is 90.6. The molecule has 11 nitrogen and oxygen atoms in total. The van der Waals surface area contributed by atoms with E-state index in [-0.39, 0.29) is 44.7 Å². The first-order chi connectivity index (χ1) is 66.1. The lowest BCUT2D eigenvalue weighted by Crippen LogP contribution is -2.51. The smallest absolute Gasteiger partial charge is 0.155 e. The largest absolute Gasteiger partial charge is 0.498 e. The molecule has 35 atom stereocenters. The van der Waals surface area contributed by atoms with Gasteiger partial charge in [0.2, 0.25) is 0 Å². The number of aliphatic hydroxyl groups is 2. The Bertz CT molecular complexity index is 5060. The Kier molecular flexibility index (Phi) is 28.3. The molecule has 24 aliphatic rings. The Morgan fingerprint density at radius 2 is 0.612 bits per heavy atom. The number of carbonyl (C=O) groups excluding carboxylic acids is 6. The van der Waals surface area contributed by atoms with Gasteiger partial charge in [-0.15, -0.1) is 0 Å². The summed E-state index contributed by atoms with van der Waals surface area (Å²) in [5.41, 5.74) is 14.0. The molecule has 0 spiro atoms. The minimum Gasteiger partial charge on any atom is -0.498 e. The van der Waals surface area contributed by atoms with Crippen LogP contribution >= 0.6 is 0 Å². The molecule has 139 heavy (non-hydrogen) atoms. The van der Waals surface area contributed by atoms with Crippen LogP contribution in [0.2, 0.25) is 0 Å². The van der Waals surface area contributed by atoms with Crippen LogP contribution in [0, 0.1) is 189 Å². The number of carbonyl (C=O) groups is 6. The van der Waals surface area contributed by atoms with E-state index in [0.29, 0.717) is 109 Å². The summed E-state index contributed by atoms with van der Waals surface area (Å²) in [4.78, 5) is 72.4. The molecule has 15 fully saturated rings. The van der Waals surface area contributed by atoms with Crippen LogP contribution in [0.1, 0.15) is 420 Å². The van der Waals surface area contributed by atoms with Crippen LogP contribution in [0.4, 0.5) is 0 Å². The first-order valence-corrected chi connectivity index (χ1v) is 58.5. The number of allylic oxidation sites excluding steroid dienone is 17. The highest BCUT2D eigenvalue weighted by molar-refractivity contribution is 5.93. The van der Waals surface area contributed by atoms with Crippen molar-refractivity contribution in [3.63, 3.8) is 0 Å². The summed E-state index contributed by atoms with van der Waals surface area (Å²) in [5.74, 6) is 21.3. The summed E-state index contributed by atoms with van der Waals surface area (Å²) in [6, 6.07) is 0. The van der Waals surface area contributed by atoms with Gasteiger partial charge in [-0.1, -0.05) is 130 Å². The summed E-state index contributed by atoms with van der Waals surface area (Å²) in [6.07, 6.45) is 75.1. The Morgan fingerprint density at radius 1 is 0.317 bits per heavy atom. The highest BCUT2D eigenvalue weighted by atomic mass is 16.5. The van der Waals surface area contributed by atoms with Crippen LogP contribution in [-0.4, -0.2) is 76.9 Å². The third-order valence-electron chi connectivity index (χ3n) is 49.5. The number of ketones is 6. The maximum absolute atomic E-state index is 12.4. The van der Waals surface area contributed by atoms with Gasteiger partial charge in [0, 0.05) is 68.1 Å². The molecule has 0 aromatic carbocycles. The van der Waals surface area contributed by atoms with E-state index in [0.717, 1.165) is 225 Å². The molecule has 766 valence electrons. The fraction of sp³-hybridized carbons (Fsp3) is 0.797. The molecular weight excluding hydrogens is 1710 g/mol. The van der Waals surface area contributed by atoms with Crippen LogP contribution in [-0.2, 0) is 43.0 Å². The lowest BCUT2D eigenvalue weighted by molar-refractivity contribution is -0.133. The lowest BCUT2D eigenvalue weighted by Gasteiger charge is -2.58. The molecule has 2 N–H and O–H groups in total. The average Bonchev–Trinajstić information content (AvgIpc) is 1.54. The fourth-order valence-corrected chi connectivity index (χ4v) is 41.7. The Morgan fingerprint density at radius 3 is 0.978 bits per heavy atom. The second kappa shape index (κ2) is 38.5. The van der Waals surface area contributed by atoms with Gasteiger partial charge in [-0.05, 0) is 512 Å². The summed E-state index contributed by atoms with van der Waals surface area (Å²) in [7, 11) is 0. The van der Waals surface area contributed by atoms with E-state index in [4.69, 9.17) is 14.2 Å². The summed E-state index contributed by atoms with van der Waals surface area (Å²) < 4.78 is 17.5. The van der Waals surface area contributed by atoms with Crippen LogP contribution < -0.4 is 0 Å². The van der Waals surface area contributed by atoms with Gasteiger partial charge >= 0.3 is 0 Å². The van der Waals surface area contributed by atoms with E-state index >= 15 is 0 Å². The predicted octanol–water partition coefficient (Wildman–Crippen LogP) is 30.3. The monoisotopic (exact) mass is 1900 g/mol. The molecule has 15 saturated carbocycles. The summed E-state index contributed by atoms with van der Waals surface area (Å²) in [5, 5.41) is 20.6. The van der Waals surface area contributed by atoms with Gasteiger partial charge in [-0.25, -0.2) is 0 Å². The van der Waals surface area contributed by atoms with E-state index in [1.807, 2.05) is 32.1 Å². The molecule has 0 aromatic heterocycles. The number of hydrogen-bond acceptors (Lipinski definition) is 11. The first kappa shape index (κ1) is 102. The van der Waals surface area contributed by atoms with E-state index < -0.39 is 0 Å². The minimum atomic E-state index is -0.163. The number of rotatable bonds is 9. The number of Topliss-reactive ketones (excluding diaryl/α,β-unsaturated/α-hetero) is 3. The molecule has 24 aliphatic carbocycles. The van der Waals surface area contributed by atoms with E-state index in [1.54, 1.807) is 23.6 Å². The van der Waals surface area contributed by atoms with Crippen LogP contribution in [0.25, 0.3) is 0 Å². The SMILES string of the molecule is C/C=C1\CCC2C3CC=C4C=C(OCC)CC[C@@]4(C)C3CC[C@@]12C.CC(=O)[C@@H]1CCC2C3CCC4=CC(=O)CC[C@@]4(C)C3CC[C@]21C.CC(O)[C@@H]1CCC2C3CCC4=CC(=O)CC[C@@]4(C)C3CC[C@]21C.CCOC1=CC2=CCC3C(CC[C@]4(C)C3CC[C@H]4C(C)O)[C@]2(C)CC1.CCOC1=CC2=CCC3C4CCC(=O)[C@]4(C)CCC3[C@]2(C)CC1.C[C@@]12CCC3C(CCC4=CC(=O)CC[C@]43C)C1CCC2=O. The minimum absolute atomic E-state index is 0.0101. The van der Waals surface area contributed by atoms with Gasteiger partial charge in [0.25, 0.3) is 0 Å². The van der Waals surface area contributed by atoms with Crippen molar-refractivity contribution >= 4 is 34.7 Å². The number of fused-ring (bicyclic) bond motifs is 30. The van der Waals surface area contributed by atoms with Gasteiger partial charge in [0.15, 0.2) is 17.3 Å². The predicted molar refractivity (Wildman–Crippen MR) is 559 cm³/mol. The number of hydrogen-bond donors (Lipinski definition) is 2. The molecule has 11 heteroatoms. The first-order valence-electron chi connectivity index (χ1n) is 58.5. The summed E-state index contributed by atoms with van der Waals surface area (Å²) in [6.45, 7) is 46.0. The summed E-state index contributed by atoms with van der Waals surface area (Å²) >= 11 is 0. The quantitative estimate of drug-likeness (QED) is 0.211. The molecule has 0 amide bonds. The molecule has 0 radical (unpaired) electrons. The Balaban J connectivity index is 0.000000106. The second-order valence-corrected chi connectivity index (χ2v) is 54.5. The molecule has 0 saturated heterocycles. The van der Waals surface area contributed by atoms with Gasteiger partial charge < -0.3 is 24.4 Å². The maximum Gasteiger partial charge on any atom is 0.155 e. The lowest BCUT2D eigenvalue weighted by atomic mass is 9.46. The molecule has 0 bridgehead atoms. The highest BCUT2D eigenvalue weighted by Gasteiger charge is 2.67. The van der Waals surface area contributed by atoms with Gasteiger partial charge in [-0.2, -0.15) is 0 Å². The Labute approximate surface area is 841 Å². The van der Waals surface area contributed by atoms with Gasteiger partial charge in [-0.3, -0.25) is 28.8 Å². The normalized spacial score (nSPS) is 47.8. The number of ether oxygens (including phenoxy) is 3. The van der Waals surface area contributed by atoms with Crippen molar-refractivity contribution in [2.75, 3.05) is 19.8 Å². The molecular formula is C128H188O11. The van der Waals surface area contributed by atoms with E-state index in [2.05, 4.69) is 153 Å². The van der Waals surface area contributed by atoms with Gasteiger partial charge in [0.05, 0.1) is 49.3 Å². The van der Waals surface area contributed by atoms with Crippen LogP contribution in [0.15, 0.2) is 117 Å². The fourth-order valence-electron chi connectivity index (χ4n) is 41.7. The van der Waals surface area contributed by atoms with Crippen LogP contribution in [0.3, 0.4) is 0 Å². The second-order valence-electron chi connectivity index (χ2n) is 54.5. The van der Waals surface area contributed by atoms with Crippen molar-refractivity contribution in [2.45, 2.75) is 433 Å². The van der Waals surface area contributed by atoms with Gasteiger partial charge in [0.1, 0.15) is 17.3 Å². The zero-order valence-corrected chi connectivity index (χ0v) is 90.6. The number of aliphatic hydroxyl groups excluding tert-OH is 2. The van der Waals surface area contributed by atoms with Crippen molar-refractivity contribution in [3.05, 3.63) is 117 Å². The third-order valence-corrected chi connectivity index (χ3v) is 49.5. The van der Waals surface area contributed by atoms with E-state index in [9.17, 15) is 39.0 Å². The van der Waals surface area contributed by atoms with Crippen LogP contribution in [0.5, 0.6) is 0 Å². The zero-order chi connectivity index (χ0) is 98.7. The van der Waals surface area contributed by atoms with E-state index in [1.165, 1.54) is 207 Å². The average molecular weight is 1900 g/mol. The molecule has 0 heterocycles. The standard InChI is InChI=1S/C23H36O2.C23H34O.C21H32O2.2C21H30O2.C19H26O2/c1-5-25-17-10-12-22(3)16(14-17)6-7-18-20-9-8-19(15(2)24)23(20,4)13-11-21(18)22;1-5-16-8-10-20-19-9-7-17-15-18(24-6-2)11-13-23(17,4)21(19)12-14-22(16,20)3;2*1-13(22)17-6-7-18-16-5-4-14-12-15(23)8-10-20(14,2)19(16)9-11-21(17,18)3;1-4-23-15-9-11-20(2)14(13-15)5-6-16-17-7-8-19(22)21(17,3)12-10-18(16)20;1-18-9-7-13(20)11-12(18)3-4-14-15-5-6-17(21)19(15,2)10-8-16(14)18/h6,14-15,18-21,24H,5,7-13H2,1-4H3;5,7,15,19-21H,6,8-14H2,1-4H3;12-13,16-19,22H,4-11H2,1-3H3;12,16-19H,4-11H2,1-3H3;5,13,16-18H,4,6-12H2,1-3H3;11,14-16H,3-10H2,1-2H3/b;16-5+;;;;/t15?,18?,19-,20?,21?,22+,23-;19?,20?,21?,22-,23+;13?,16?,17-,18?,19?,20+,21-;16?,17-,18?,19?,20+,21-;16?,17?,18?,20-,21-;14?,15?,16?,18-,19-/m000011/s1. The van der Waals surface area contributed by atoms with Crippen molar-refractivity contribution in [1.29, 1.82) is 0 Å². The highest BCUT2D eigenvalue weighted by Crippen LogP contribution is 2.74. The molecule has 20 unspecified atom stereocenters. The molecule has 0 aromatic rings. The van der Waals surface area contributed by atoms with Crippen molar-refractivity contribution in [1.82, 2.24) is 0 Å². The van der Waals surface area contributed by atoms with Crippen molar-refractivity contribution in [2.24, 2.45) is 189 Å².